The fourth-order valence-electron chi connectivity index (χ4n) is 3.97. The van der Waals surface area contributed by atoms with Crippen molar-refractivity contribution in [3.8, 4) is 0 Å². The molecule has 1 unspecified atom stereocenters. The van der Waals surface area contributed by atoms with E-state index in [4.69, 9.17) is 4.99 Å². The van der Waals surface area contributed by atoms with E-state index in [1.165, 1.54) is 25.9 Å². The van der Waals surface area contributed by atoms with Crippen LogP contribution in [-0.2, 0) is 13.0 Å². The van der Waals surface area contributed by atoms with Crippen LogP contribution in [0.15, 0.2) is 4.99 Å². The minimum Gasteiger partial charge on any atom is -0.357 e. The number of nitrogens with zero attached hydrogens (tertiary/aromatic N) is 5. The van der Waals surface area contributed by atoms with Crippen molar-refractivity contribution in [1.82, 2.24) is 30.3 Å². The molecule has 2 aliphatic heterocycles. The van der Waals surface area contributed by atoms with Crippen LogP contribution < -0.4 is 10.6 Å². The van der Waals surface area contributed by atoms with Crippen LogP contribution in [0.25, 0.3) is 0 Å². The summed E-state index contributed by atoms with van der Waals surface area (Å²) in [5.74, 6) is 3.69. The summed E-state index contributed by atoms with van der Waals surface area (Å²) in [6, 6.07) is 1.18. The molecule has 154 valence electrons. The Kier molecular flexibility index (Phi) is 8.78. The maximum atomic E-state index is 4.90. The van der Waals surface area contributed by atoms with Gasteiger partial charge >= 0.3 is 0 Å². The Morgan fingerprint density at radius 1 is 1.22 bits per heavy atom. The average Bonchev–Trinajstić information content (AvgIpc) is 3.01. The van der Waals surface area contributed by atoms with Gasteiger partial charge in [0.05, 0.1) is 0 Å². The summed E-state index contributed by atoms with van der Waals surface area (Å²) >= 11 is 0. The summed E-state index contributed by atoms with van der Waals surface area (Å²) in [5, 5.41) is 15.5. The Balaban J connectivity index is 0.00000261. The lowest BCUT2D eigenvalue weighted by atomic mass is 9.99. The van der Waals surface area contributed by atoms with Gasteiger partial charge in [-0.25, -0.2) is 0 Å². The summed E-state index contributed by atoms with van der Waals surface area (Å²) in [4.78, 5) is 7.46. The van der Waals surface area contributed by atoms with E-state index in [9.17, 15) is 0 Å². The number of fused-ring (bicyclic) bond motifs is 1. The zero-order chi connectivity index (χ0) is 18.5. The van der Waals surface area contributed by atoms with Crippen molar-refractivity contribution in [1.29, 1.82) is 0 Å². The third-order valence-corrected chi connectivity index (χ3v) is 5.68. The van der Waals surface area contributed by atoms with Gasteiger partial charge in [0.25, 0.3) is 0 Å². The van der Waals surface area contributed by atoms with Gasteiger partial charge in [0.1, 0.15) is 11.6 Å². The normalized spacial score (nSPS) is 21.7. The molecule has 0 bridgehead atoms. The summed E-state index contributed by atoms with van der Waals surface area (Å²) in [5.41, 5.74) is 0. The number of hydrogen-bond donors (Lipinski definition) is 2. The fourth-order valence-corrected chi connectivity index (χ4v) is 3.97. The average molecular weight is 489 g/mol. The Bertz CT molecular complexity index is 605. The SMILES string of the molecule is CCNC(=NCC1CCc2nnc(C)n2C1)NC1CCN(C(C)C)CC1.I. The maximum absolute atomic E-state index is 4.90. The Labute approximate surface area is 180 Å². The number of guanidine groups is 1. The molecular formula is C19H36IN7. The van der Waals surface area contributed by atoms with Gasteiger partial charge in [-0.05, 0) is 52.9 Å². The van der Waals surface area contributed by atoms with Crippen molar-refractivity contribution in [3.05, 3.63) is 11.6 Å². The standard InChI is InChI=1S/C19H35N7.HI/c1-5-20-19(22-17-8-10-25(11-9-17)14(2)3)21-12-16-6-7-18-24-23-15(4)26(18)13-16;/h14,16-17H,5-13H2,1-4H3,(H2,20,21,22);1H. The first-order valence-corrected chi connectivity index (χ1v) is 10.2. The second-order valence-corrected chi connectivity index (χ2v) is 7.95. The zero-order valence-electron chi connectivity index (χ0n) is 17.2. The Hall–Kier alpha value is -0.900. The van der Waals surface area contributed by atoms with Crippen LogP contribution in [-0.4, -0.2) is 63.9 Å². The molecule has 3 heterocycles. The Morgan fingerprint density at radius 3 is 2.63 bits per heavy atom. The van der Waals surface area contributed by atoms with Crippen molar-refractivity contribution in [2.24, 2.45) is 10.9 Å². The van der Waals surface area contributed by atoms with Gasteiger partial charge in [-0.2, -0.15) is 0 Å². The summed E-state index contributed by atoms with van der Waals surface area (Å²) in [6.07, 6.45) is 4.54. The van der Waals surface area contributed by atoms with Crippen molar-refractivity contribution >= 4 is 29.9 Å². The number of likely N-dealkylation sites (tertiary alicyclic amines) is 1. The van der Waals surface area contributed by atoms with Gasteiger partial charge in [0.15, 0.2) is 5.96 Å². The topological polar surface area (TPSA) is 70.4 Å². The predicted octanol–water partition coefficient (Wildman–Crippen LogP) is 2.19. The van der Waals surface area contributed by atoms with E-state index >= 15 is 0 Å². The molecule has 1 atom stereocenters. The molecule has 7 nitrogen and oxygen atoms in total. The van der Waals surface area contributed by atoms with Crippen LogP contribution in [0.4, 0.5) is 0 Å². The first kappa shape index (κ1) is 22.4. The van der Waals surface area contributed by atoms with Crippen LogP contribution in [0.1, 0.15) is 51.7 Å². The molecule has 0 radical (unpaired) electrons. The highest BCUT2D eigenvalue weighted by molar-refractivity contribution is 14.0. The number of halogens is 1. The highest BCUT2D eigenvalue weighted by Crippen LogP contribution is 2.20. The molecule has 1 aromatic rings. The van der Waals surface area contributed by atoms with E-state index in [0.29, 0.717) is 18.0 Å². The first-order chi connectivity index (χ1) is 12.6. The van der Waals surface area contributed by atoms with Crippen LogP contribution >= 0.6 is 24.0 Å². The lowest BCUT2D eigenvalue weighted by Crippen LogP contribution is -2.50. The number of piperidine rings is 1. The lowest BCUT2D eigenvalue weighted by molar-refractivity contribution is 0.167. The molecule has 2 aliphatic rings. The number of aliphatic imine (C=N–C) groups is 1. The minimum absolute atomic E-state index is 0. The van der Waals surface area contributed by atoms with Crippen LogP contribution in [0.3, 0.4) is 0 Å². The number of nitrogens with one attached hydrogen (secondary N) is 2. The highest BCUT2D eigenvalue weighted by atomic mass is 127. The van der Waals surface area contributed by atoms with Gasteiger partial charge in [0.2, 0.25) is 0 Å². The van der Waals surface area contributed by atoms with Crippen molar-refractivity contribution < 1.29 is 0 Å². The predicted molar refractivity (Wildman–Crippen MR) is 121 cm³/mol. The van der Waals surface area contributed by atoms with Crippen molar-refractivity contribution in [2.45, 2.75) is 72.0 Å². The molecule has 0 aromatic carbocycles. The van der Waals surface area contributed by atoms with Gasteiger partial charge in [-0.1, -0.05) is 0 Å². The number of hydrogen-bond acceptors (Lipinski definition) is 4. The third-order valence-electron chi connectivity index (χ3n) is 5.68. The Morgan fingerprint density at radius 2 is 1.96 bits per heavy atom. The molecule has 3 rings (SSSR count). The van der Waals surface area contributed by atoms with E-state index in [0.717, 1.165) is 50.1 Å². The second-order valence-electron chi connectivity index (χ2n) is 7.95. The first-order valence-electron chi connectivity index (χ1n) is 10.2. The number of aryl methyl sites for hydroxylation is 2. The number of rotatable bonds is 5. The van der Waals surface area contributed by atoms with E-state index in [-0.39, 0.29) is 24.0 Å². The smallest absolute Gasteiger partial charge is 0.191 e. The summed E-state index contributed by atoms with van der Waals surface area (Å²) in [7, 11) is 0. The van der Waals surface area contributed by atoms with Crippen LogP contribution in [0.2, 0.25) is 0 Å². The largest absolute Gasteiger partial charge is 0.357 e. The monoisotopic (exact) mass is 489 g/mol. The van der Waals surface area contributed by atoms with Crippen molar-refractivity contribution in [3.63, 3.8) is 0 Å². The molecule has 1 saturated heterocycles. The van der Waals surface area contributed by atoms with E-state index < -0.39 is 0 Å². The molecule has 2 N–H and O–H groups in total. The van der Waals surface area contributed by atoms with Crippen LogP contribution in [0.5, 0.6) is 0 Å². The van der Waals surface area contributed by atoms with E-state index in [1.807, 2.05) is 6.92 Å². The molecule has 0 saturated carbocycles. The number of aromatic nitrogens is 3. The maximum Gasteiger partial charge on any atom is 0.191 e. The van der Waals surface area contributed by atoms with Crippen molar-refractivity contribution in [2.75, 3.05) is 26.2 Å². The second kappa shape index (κ2) is 10.6. The van der Waals surface area contributed by atoms with Gasteiger partial charge in [0, 0.05) is 51.2 Å². The molecule has 0 aliphatic carbocycles. The van der Waals surface area contributed by atoms with Gasteiger partial charge in [-0.15, -0.1) is 34.2 Å². The minimum atomic E-state index is 0. The quantitative estimate of drug-likeness (QED) is 0.377. The van der Waals surface area contributed by atoms with Gasteiger partial charge in [-0.3, -0.25) is 4.99 Å². The fraction of sp³-hybridized carbons (Fsp3) is 0.842. The molecule has 1 aromatic heterocycles. The molecule has 0 spiro atoms. The molecule has 8 heteroatoms. The summed E-state index contributed by atoms with van der Waals surface area (Å²) < 4.78 is 2.26. The van der Waals surface area contributed by atoms with Crippen LogP contribution in [0, 0.1) is 12.8 Å². The molecule has 1 fully saturated rings. The molecular weight excluding hydrogens is 453 g/mol. The van der Waals surface area contributed by atoms with E-state index in [2.05, 4.69) is 51.1 Å². The molecule has 0 amide bonds. The van der Waals surface area contributed by atoms with E-state index in [1.54, 1.807) is 0 Å². The third kappa shape index (κ3) is 6.04. The van der Waals surface area contributed by atoms with Gasteiger partial charge < -0.3 is 20.1 Å². The zero-order valence-corrected chi connectivity index (χ0v) is 19.6. The highest BCUT2D eigenvalue weighted by Gasteiger charge is 2.23. The molecule has 27 heavy (non-hydrogen) atoms. The lowest BCUT2D eigenvalue weighted by Gasteiger charge is -2.35. The summed E-state index contributed by atoms with van der Waals surface area (Å²) in [6.45, 7) is 13.8.